The molecule has 0 atom stereocenters. The van der Waals surface area contributed by atoms with Crippen LogP contribution >= 0.6 is 0 Å². The third-order valence-corrected chi connectivity index (χ3v) is 3.87. The summed E-state index contributed by atoms with van der Waals surface area (Å²) in [4.78, 5) is 0. The van der Waals surface area contributed by atoms with Gasteiger partial charge in [-0.15, -0.1) is 10.2 Å². The van der Waals surface area contributed by atoms with Crippen LogP contribution in [0.3, 0.4) is 0 Å². The van der Waals surface area contributed by atoms with Gasteiger partial charge in [-0.25, -0.2) is 4.39 Å². The van der Waals surface area contributed by atoms with Crippen LogP contribution < -0.4 is 0 Å². The zero-order valence-corrected chi connectivity index (χ0v) is 12.5. The second-order valence-corrected chi connectivity index (χ2v) is 5.49. The number of aromatic nitrogens is 4. The van der Waals surface area contributed by atoms with Crippen LogP contribution in [0.4, 0.5) is 4.39 Å². The van der Waals surface area contributed by atoms with Crippen LogP contribution in [0.1, 0.15) is 11.1 Å². The summed E-state index contributed by atoms with van der Waals surface area (Å²) >= 11 is 0. The number of fused-ring (bicyclic) bond motifs is 1. The largest absolute Gasteiger partial charge is 0.508 e. The van der Waals surface area contributed by atoms with Gasteiger partial charge < -0.3 is 9.52 Å². The van der Waals surface area contributed by atoms with Gasteiger partial charge in [0.25, 0.3) is 0 Å². The summed E-state index contributed by atoms with van der Waals surface area (Å²) in [5.41, 5.74) is 2.32. The van der Waals surface area contributed by atoms with Gasteiger partial charge in [-0.3, -0.25) is 0 Å². The molecule has 120 valence electrons. The summed E-state index contributed by atoms with van der Waals surface area (Å²) in [7, 11) is 0. The molecule has 0 spiro atoms. The molecule has 2 N–H and O–H groups in total. The molecule has 0 saturated heterocycles. The van der Waals surface area contributed by atoms with Gasteiger partial charge in [0.05, 0.1) is 0 Å². The molecule has 2 heterocycles. The van der Waals surface area contributed by atoms with Crippen LogP contribution in [0, 0.1) is 5.82 Å². The number of nitrogens with zero attached hydrogens (tertiary/aromatic N) is 3. The van der Waals surface area contributed by atoms with E-state index in [2.05, 4.69) is 20.6 Å². The molecule has 2 aromatic carbocycles. The molecule has 2 aromatic heterocycles. The predicted octanol–water partition coefficient (Wildman–Crippen LogP) is 3.24. The lowest BCUT2D eigenvalue weighted by Crippen LogP contribution is -1.94. The summed E-state index contributed by atoms with van der Waals surface area (Å²) in [5.74, 6) is 0.482. The molecule has 0 bridgehead atoms. The maximum atomic E-state index is 13.8. The van der Waals surface area contributed by atoms with E-state index in [-0.39, 0.29) is 5.75 Å². The Hall–Kier alpha value is -3.22. The Morgan fingerprint density at radius 3 is 2.79 bits per heavy atom. The number of furan rings is 1. The number of aryl methyl sites for hydroxylation is 2. The highest BCUT2D eigenvalue weighted by Gasteiger charge is 2.11. The predicted molar refractivity (Wildman–Crippen MR) is 84.9 cm³/mol. The van der Waals surface area contributed by atoms with E-state index < -0.39 is 5.82 Å². The van der Waals surface area contributed by atoms with Crippen LogP contribution in [0.25, 0.3) is 22.6 Å². The van der Waals surface area contributed by atoms with Crippen molar-refractivity contribution in [2.75, 3.05) is 0 Å². The fourth-order valence-electron chi connectivity index (χ4n) is 2.63. The summed E-state index contributed by atoms with van der Waals surface area (Å²) in [6.45, 7) is 0. The van der Waals surface area contributed by atoms with Gasteiger partial charge in [-0.1, -0.05) is 18.2 Å². The standard InChI is InChI=1S/C17H13FN4O2/c18-14-9-13(23)6-5-11(14)3-1-10-2-4-12-8-16(24-15(12)7-10)17-19-21-22-20-17/h2,4-9,23H,1,3H2,(H,19,20,21,22). The van der Waals surface area contributed by atoms with E-state index in [4.69, 9.17) is 4.42 Å². The molecule has 0 aliphatic heterocycles. The molecule has 4 aromatic rings. The van der Waals surface area contributed by atoms with Crippen LogP contribution in [0.2, 0.25) is 0 Å². The average molecular weight is 324 g/mol. The van der Waals surface area contributed by atoms with Crippen molar-refractivity contribution in [3.05, 3.63) is 59.4 Å². The number of halogens is 1. The first-order valence-corrected chi connectivity index (χ1v) is 7.43. The average Bonchev–Trinajstić information content (AvgIpc) is 3.22. The molecule has 4 rings (SSSR count). The highest BCUT2D eigenvalue weighted by molar-refractivity contribution is 5.82. The van der Waals surface area contributed by atoms with Crippen molar-refractivity contribution in [2.45, 2.75) is 12.8 Å². The molecular formula is C17H13FN4O2. The molecular weight excluding hydrogens is 311 g/mol. The summed E-state index contributed by atoms with van der Waals surface area (Å²) in [6, 6.07) is 11.9. The second kappa shape index (κ2) is 5.77. The molecule has 0 aliphatic carbocycles. The Morgan fingerprint density at radius 1 is 1.08 bits per heavy atom. The number of tetrazole rings is 1. The number of phenols is 1. The molecule has 7 heteroatoms. The number of hydrogen-bond donors (Lipinski definition) is 2. The van der Waals surface area contributed by atoms with Crippen molar-refractivity contribution in [1.82, 2.24) is 20.6 Å². The second-order valence-electron chi connectivity index (χ2n) is 5.49. The minimum Gasteiger partial charge on any atom is -0.508 e. The lowest BCUT2D eigenvalue weighted by molar-refractivity contribution is 0.468. The van der Waals surface area contributed by atoms with E-state index in [0.717, 1.165) is 22.6 Å². The maximum Gasteiger partial charge on any atom is 0.239 e. The summed E-state index contributed by atoms with van der Waals surface area (Å²) in [6.07, 6.45) is 1.20. The maximum absolute atomic E-state index is 13.8. The molecule has 0 aliphatic rings. The first-order valence-electron chi connectivity index (χ1n) is 7.43. The Labute approximate surface area is 135 Å². The van der Waals surface area contributed by atoms with Crippen molar-refractivity contribution in [3.63, 3.8) is 0 Å². The molecule has 24 heavy (non-hydrogen) atoms. The van der Waals surface area contributed by atoms with Gasteiger partial charge in [-0.2, -0.15) is 5.21 Å². The fourth-order valence-corrected chi connectivity index (χ4v) is 2.63. The highest BCUT2D eigenvalue weighted by Crippen LogP contribution is 2.26. The molecule has 6 nitrogen and oxygen atoms in total. The lowest BCUT2D eigenvalue weighted by Gasteiger charge is -2.04. The number of phenolic OH excluding ortho intramolecular Hbond substituents is 1. The van der Waals surface area contributed by atoms with Gasteiger partial charge >= 0.3 is 0 Å². The van der Waals surface area contributed by atoms with Crippen molar-refractivity contribution in [3.8, 4) is 17.3 Å². The topological polar surface area (TPSA) is 87.8 Å². The lowest BCUT2D eigenvalue weighted by atomic mass is 10.0. The Bertz CT molecular complexity index is 995. The van der Waals surface area contributed by atoms with Crippen molar-refractivity contribution in [1.29, 1.82) is 0 Å². The van der Waals surface area contributed by atoms with Crippen LogP contribution in [-0.2, 0) is 12.8 Å². The molecule has 0 unspecified atom stereocenters. The van der Waals surface area contributed by atoms with E-state index in [1.165, 1.54) is 6.07 Å². The van der Waals surface area contributed by atoms with E-state index in [0.29, 0.717) is 30.0 Å². The van der Waals surface area contributed by atoms with Crippen molar-refractivity contribution >= 4 is 11.0 Å². The first-order chi connectivity index (χ1) is 11.7. The van der Waals surface area contributed by atoms with Gasteiger partial charge in [0, 0.05) is 11.5 Å². The Balaban J connectivity index is 1.56. The smallest absolute Gasteiger partial charge is 0.239 e. The molecule has 0 radical (unpaired) electrons. The van der Waals surface area contributed by atoms with Gasteiger partial charge in [0.15, 0.2) is 5.76 Å². The van der Waals surface area contributed by atoms with Gasteiger partial charge in [-0.05, 0) is 47.4 Å². The minimum absolute atomic E-state index is 0.0674. The summed E-state index contributed by atoms with van der Waals surface area (Å²) < 4.78 is 19.5. The normalized spacial score (nSPS) is 11.2. The van der Waals surface area contributed by atoms with Crippen molar-refractivity contribution in [2.24, 2.45) is 0 Å². The quantitative estimate of drug-likeness (QED) is 0.601. The fraction of sp³-hybridized carbons (Fsp3) is 0.118. The van der Waals surface area contributed by atoms with E-state index in [1.807, 2.05) is 24.3 Å². The third kappa shape index (κ3) is 2.71. The number of aromatic hydroxyl groups is 1. The molecule has 0 fully saturated rings. The van der Waals surface area contributed by atoms with Crippen LogP contribution in [0.5, 0.6) is 5.75 Å². The number of aromatic amines is 1. The van der Waals surface area contributed by atoms with Crippen molar-refractivity contribution < 1.29 is 13.9 Å². The Kier molecular flexibility index (Phi) is 3.45. The van der Waals surface area contributed by atoms with Gasteiger partial charge in [0.1, 0.15) is 17.1 Å². The number of benzene rings is 2. The third-order valence-electron chi connectivity index (χ3n) is 3.87. The molecule has 0 amide bonds. The first kappa shape index (κ1) is 14.4. The van der Waals surface area contributed by atoms with Crippen LogP contribution in [-0.4, -0.2) is 25.7 Å². The van der Waals surface area contributed by atoms with E-state index >= 15 is 0 Å². The van der Waals surface area contributed by atoms with E-state index in [1.54, 1.807) is 6.07 Å². The zero-order valence-electron chi connectivity index (χ0n) is 12.5. The van der Waals surface area contributed by atoms with Gasteiger partial charge in [0.2, 0.25) is 5.82 Å². The van der Waals surface area contributed by atoms with Crippen LogP contribution in [0.15, 0.2) is 46.9 Å². The Morgan fingerprint density at radius 2 is 2.00 bits per heavy atom. The molecule has 0 saturated carbocycles. The number of hydrogen-bond acceptors (Lipinski definition) is 5. The zero-order chi connectivity index (χ0) is 16.5. The summed E-state index contributed by atoms with van der Waals surface area (Å²) in [5, 5.41) is 23.9. The van der Waals surface area contributed by atoms with E-state index in [9.17, 15) is 9.50 Å². The minimum atomic E-state index is -0.395. The number of H-pyrrole nitrogens is 1. The monoisotopic (exact) mass is 324 g/mol. The number of rotatable bonds is 4. The SMILES string of the molecule is Oc1ccc(CCc2ccc3cc(-c4nn[nH]n4)oc3c2)c(F)c1. The highest BCUT2D eigenvalue weighted by atomic mass is 19.1. The number of nitrogens with one attached hydrogen (secondary N) is 1.